The van der Waals surface area contributed by atoms with Gasteiger partial charge in [0.2, 0.25) is 5.91 Å². The fourth-order valence-corrected chi connectivity index (χ4v) is 5.16. The highest BCUT2D eigenvalue weighted by atomic mass is 31.2. The molecule has 0 radical (unpaired) electrons. The van der Waals surface area contributed by atoms with E-state index in [1.54, 1.807) is 38.2 Å². The van der Waals surface area contributed by atoms with Crippen molar-refractivity contribution in [2.24, 2.45) is 0 Å². The third kappa shape index (κ3) is 4.17. The summed E-state index contributed by atoms with van der Waals surface area (Å²) in [6.45, 7) is 3.73. The first kappa shape index (κ1) is 21.4. The van der Waals surface area contributed by atoms with E-state index in [-0.39, 0.29) is 50.5 Å². The molecule has 2 aromatic rings. The summed E-state index contributed by atoms with van der Waals surface area (Å²) in [4.78, 5) is 26.5. The second kappa shape index (κ2) is 8.57. The molecule has 0 saturated carbocycles. The van der Waals surface area contributed by atoms with E-state index >= 15 is 0 Å². The first-order chi connectivity index (χ1) is 13.8. The van der Waals surface area contributed by atoms with Crippen LogP contribution in [0.5, 0.6) is 5.88 Å². The third-order valence-corrected chi connectivity index (χ3v) is 7.01. The van der Waals surface area contributed by atoms with E-state index in [4.69, 9.17) is 14.8 Å². The molecule has 1 unspecified atom stereocenters. The second-order valence-electron chi connectivity index (χ2n) is 6.78. The van der Waals surface area contributed by atoms with E-state index in [1.807, 2.05) is 0 Å². The molecule has 0 bridgehead atoms. The Hall–Kier alpha value is -2.35. The molecule has 0 spiro atoms. The summed E-state index contributed by atoms with van der Waals surface area (Å²) < 4.78 is 24.6. The van der Waals surface area contributed by atoms with Gasteiger partial charge in [0.25, 0.3) is 5.91 Å². The van der Waals surface area contributed by atoms with Gasteiger partial charge < -0.3 is 24.5 Å². The number of carbonyl (C=O) groups is 2. The first-order valence-corrected chi connectivity index (χ1v) is 11.3. The van der Waals surface area contributed by atoms with Crippen LogP contribution in [0.4, 0.5) is 5.69 Å². The number of rotatable bonds is 8. The summed E-state index contributed by atoms with van der Waals surface area (Å²) in [6, 6.07) is 4.40. The van der Waals surface area contributed by atoms with Crippen molar-refractivity contribution in [1.29, 1.82) is 0 Å². The summed E-state index contributed by atoms with van der Waals surface area (Å²) in [5.74, 6) is -0.884. The van der Waals surface area contributed by atoms with Crippen LogP contribution in [0, 0.1) is 0 Å². The molecule has 3 N–H and O–H groups in total. The Balaban J connectivity index is 1.84. The fraction of sp³-hybridized carbons (Fsp3) is 0.474. The molecule has 1 saturated heterocycles. The number of anilines is 1. The number of piperidine rings is 1. The number of hydrogen-bond acceptors (Lipinski definition) is 7. The van der Waals surface area contributed by atoms with Gasteiger partial charge in [-0.1, -0.05) is 6.07 Å². The summed E-state index contributed by atoms with van der Waals surface area (Å²) in [7, 11) is -3.39. The van der Waals surface area contributed by atoms with Gasteiger partial charge in [-0.05, 0) is 32.4 Å². The van der Waals surface area contributed by atoms with Crippen LogP contribution in [-0.2, 0) is 23.2 Å². The highest BCUT2D eigenvalue weighted by Gasteiger charge is 2.38. The third-order valence-electron chi connectivity index (χ3n) is 4.96. The van der Waals surface area contributed by atoms with Crippen LogP contribution in [0.15, 0.2) is 24.4 Å². The molecule has 158 valence electrons. The molecular weight excluding hydrogens is 397 g/mol. The number of carbonyl (C=O) groups excluding carboxylic acids is 2. The van der Waals surface area contributed by atoms with Crippen molar-refractivity contribution in [3.63, 3.8) is 0 Å². The molecule has 1 atom stereocenters. The van der Waals surface area contributed by atoms with Gasteiger partial charge in [-0.25, -0.2) is 0 Å². The van der Waals surface area contributed by atoms with Crippen molar-refractivity contribution < 1.29 is 28.3 Å². The van der Waals surface area contributed by atoms with Crippen LogP contribution >= 0.6 is 7.60 Å². The highest BCUT2D eigenvalue weighted by molar-refractivity contribution is 7.53. The fourth-order valence-electron chi connectivity index (χ4n) is 3.60. The Morgan fingerprint density at radius 2 is 1.90 bits per heavy atom. The molecule has 1 aromatic carbocycles. The molecule has 1 aliphatic rings. The van der Waals surface area contributed by atoms with E-state index in [0.29, 0.717) is 16.5 Å². The Labute approximate surface area is 168 Å². The first-order valence-electron chi connectivity index (χ1n) is 9.61. The number of benzene rings is 1. The lowest BCUT2D eigenvalue weighted by atomic mass is 10.0. The number of nitrogens with zero attached hydrogens (tertiary/aromatic N) is 2. The van der Waals surface area contributed by atoms with Crippen LogP contribution in [-0.4, -0.2) is 52.3 Å². The number of imide groups is 1. The number of likely N-dealkylation sites (tertiary alicyclic amines) is 1. The van der Waals surface area contributed by atoms with Crippen LogP contribution in [0.2, 0.25) is 0 Å². The minimum atomic E-state index is -3.39. The monoisotopic (exact) mass is 423 g/mol. The van der Waals surface area contributed by atoms with Crippen molar-refractivity contribution >= 4 is 35.9 Å². The second-order valence-corrected chi connectivity index (χ2v) is 8.96. The molecule has 9 nitrogen and oxygen atoms in total. The number of nitrogen functional groups attached to an aromatic ring is 1. The summed E-state index contributed by atoms with van der Waals surface area (Å²) in [6.07, 6.45) is 1.94. The van der Waals surface area contributed by atoms with Gasteiger partial charge in [0, 0.05) is 35.6 Å². The van der Waals surface area contributed by atoms with Gasteiger partial charge in [0.05, 0.1) is 19.4 Å². The smallest absolute Gasteiger partial charge is 0.332 e. The molecule has 1 fully saturated rings. The molecule has 1 aromatic heterocycles. The SMILES string of the molecule is CCOP(=O)(CCN1C(=O)CCC(n2cc3c(N)cccc3c2O)C1=O)OCC. The van der Waals surface area contributed by atoms with Crippen molar-refractivity contribution in [3.05, 3.63) is 24.4 Å². The number of fused-ring (bicyclic) bond motifs is 1. The van der Waals surface area contributed by atoms with E-state index in [9.17, 15) is 19.3 Å². The number of nitrogens with two attached hydrogens (primary N) is 1. The number of aromatic nitrogens is 1. The van der Waals surface area contributed by atoms with Gasteiger partial charge in [-0.15, -0.1) is 0 Å². The molecule has 0 aliphatic carbocycles. The van der Waals surface area contributed by atoms with Crippen LogP contribution in [0.3, 0.4) is 0 Å². The van der Waals surface area contributed by atoms with Crippen LogP contribution in [0.25, 0.3) is 10.8 Å². The summed E-state index contributed by atoms with van der Waals surface area (Å²) >= 11 is 0. The minimum Gasteiger partial charge on any atom is -0.494 e. The Morgan fingerprint density at radius 3 is 2.52 bits per heavy atom. The average molecular weight is 423 g/mol. The molecule has 2 heterocycles. The topological polar surface area (TPSA) is 124 Å². The predicted octanol–water partition coefficient (Wildman–Crippen LogP) is 2.89. The van der Waals surface area contributed by atoms with Gasteiger partial charge in [0.15, 0.2) is 5.88 Å². The number of amides is 2. The number of hydrogen-bond donors (Lipinski definition) is 2. The van der Waals surface area contributed by atoms with Gasteiger partial charge >= 0.3 is 7.60 Å². The Bertz CT molecular complexity index is 962. The zero-order valence-electron chi connectivity index (χ0n) is 16.5. The van der Waals surface area contributed by atoms with E-state index in [2.05, 4.69) is 0 Å². The van der Waals surface area contributed by atoms with Crippen molar-refractivity contribution in [1.82, 2.24) is 9.47 Å². The largest absolute Gasteiger partial charge is 0.494 e. The van der Waals surface area contributed by atoms with Crippen LogP contribution in [0.1, 0.15) is 32.7 Å². The molecular formula is C19H26N3O6P. The quantitative estimate of drug-likeness (QED) is 0.380. The van der Waals surface area contributed by atoms with Gasteiger partial charge in [-0.3, -0.25) is 19.1 Å². The van der Waals surface area contributed by atoms with Gasteiger partial charge in [-0.2, -0.15) is 0 Å². The molecule has 2 amide bonds. The zero-order chi connectivity index (χ0) is 21.2. The normalized spacial score (nSPS) is 18.0. The maximum absolute atomic E-state index is 13.1. The van der Waals surface area contributed by atoms with Crippen molar-refractivity contribution in [2.45, 2.75) is 32.7 Å². The predicted molar refractivity (Wildman–Crippen MR) is 109 cm³/mol. The van der Waals surface area contributed by atoms with E-state index in [0.717, 1.165) is 4.90 Å². The maximum atomic E-state index is 13.1. The molecule has 10 heteroatoms. The minimum absolute atomic E-state index is 0.0743. The van der Waals surface area contributed by atoms with E-state index in [1.165, 1.54) is 4.57 Å². The van der Waals surface area contributed by atoms with Gasteiger partial charge in [0.1, 0.15) is 6.04 Å². The standard InChI is InChI=1S/C19H26N3O6P/c1-3-27-29(26,28-4-2)11-10-21-17(23)9-8-16(19(21)25)22-12-14-13(18(22)24)6-5-7-15(14)20/h5-7,12,16,24H,3-4,8-11,20H2,1-2H3. The lowest BCUT2D eigenvalue weighted by Crippen LogP contribution is -2.46. The zero-order valence-corrected chi connectivity index (χ0v) is 17.4. The highest BCUT2D eigenvalue weighted by Crippen LogP contribution is 2.48. The maximum Gasteiger partial charge on any atom is 0.332 e. The Morgan fingerprint density at radius 1 is 1.21 bits per heavy atom. The average Bonchev–Trinajstić information content (AvgIpc) is 3.00. The molecule has 1 aliphatic heterocycles. The molecule has 29 heavy (non-hydrogen) atoms. The lowest BCUT2D eigenvalue weighted by molar-refractivity contribution is -0.150. The van der Waals surface area contributed by atoms with E-state index < -0.39 is 19.5 Å². The molecule has 3 rings (SSSR count). The lowest BCUT2D eigenvalue weighted by Gasteiger charge is -2.32. The van der Waals surface area contributed by atoms with Crippen molar-refractivity contribution in [2.75, 3.05) is 31.7 Å². The summed E-state index contributed by atoms with van der Waals surface area (Å²) in [5.41, 5.74) is 6.46. The number of aromatic hydroxyl groups is 1. The van der Waals surface area contributed by atoms with Crippen LogP contribution < -0.4 is 5.73 Å². The summed E-state index contributed by atoms with van der Waals surface area (Å²) in [5, 5.41) is 11.8. The Kier molecular flexibility index (Phi) is 6.31. The van der Waals surface area contributed by atoms with Crippen molar-refractivity contribution in [3.8, 4) is 5.88 Å².